The van der Waals surface area contributed by atoms with Crippen molar-refractivity contribution < 1.29 is 13.9 Å². The molecule has 1 heterocycles. The number of nitrogens with zero attached hydrogens (tertiary/aromatic N) is 1. The van der Waals surface area contributed by atoms with Crippen molar-refractivity contribution in [2.75, 3.05) is 12.4 Å². The van der Waals surface area contributed by atoms with Crippen LogP contribution >= 0.6 is 15.9 Å². The molecular weight excluding hydrogens is 312 g/mol. The van der Waals surface area contributed by atoms with Crippen LogP contribution in [-0.4, -0.2) is 13.0 Å². The Labute approximate surface area is 117 Å². The molecule has 2 aromatic rings. The second-order valence-electron chi connectivity index (χ2n) is 3.59. The van der Waals surface area contributed by atoms with Crippen molar-refractivity contribution in [1.82, 2.24) is 0 Å². The van der Waals surface area contributed by atoms with E-state index in [1.165, 1.54) is 13.4 Å². The number of carbonyl (C=O) groups excluding carboxylic acids is 1. The molecule has 0 saturated heterocycles. The summed E-state index contributed by atoms with van der Waals surface area (Å²) in [5.74, 6) is 0.0932. The summed E-state index contributed by atoms with van der Waals surface area (Å²) in [5, 5.41) is 11.5. The van der Waals surface area contributed by atoms with E-state index in [-0.39, 0.29) is 5.91 Å². The summed E-state index contributed by atoms with van der Waals surface area (Å²) in [6.45, 7) is 0. The Bertz CT molecular complexity index is 658. The highest BCUT2D eigenvalue weighted by Crippen LogP contribution is 2.27. The highest BCUT2D eigenvalue weighted by Gasteiger charge is 2.15. The summed E-state index contributed by atoms with van der Waals surface area (Å²) in [6.07, 6.45) is 1.41. The number of hydrogen-bond donors (Lipinski definition) is 1. The molecule has 19 heavy (non-hydrogen) atoms. The molecule has 0 atom stereocenters. The SMILES string of the molecule is COc1cc(C#N)ccc1NC(=O)c1ccoc1Br. The molecule has 5 nitrogen and oxygen atoms in total. The number of carbonyl (C=O) groups is 1. The maximum absolute atomic E-state index is 12.0. The van der Waals surface area contributed by atoms with Crippen molar-refractivity contribution >= 4 is 27.5 Å². The number of nitriles is 1. The first kappa shape index (κ1) is 13.2. The Balaban J connectivity index is 2.27. The van der Waals surface area contributed by atoms with Gasteiger partial charge in [-0.2, -0.15) is 5.26 Å². The largest absolute Gasteiger partial charge is 0.495 e. The lowest BCUT2D eigenvalue weighted by atomic mass is 10.2. The zero-order chi connectivity index (χ0) is 13.8. The summed E-state index contributed by atoms with van der Waals surface area (Å²) in [4.78, 5) is 12.0. The van der Waals surface area contributed by atoms with Crippen LogP contribution in [0.3, 0.4) is 0 Å². The number of amides is 1. The molecule has 0 fully saturated rings. The summed E-state index contributed by atoms with van der Waals surface area (Å²) < 4.78 is 10.5. The number of halogens is 1. The smallest absolute Gasteiger partial charge is 0.260 e. The summed E-state index contributed by atoms with van der Waals surface area (Å²) in [5.41, 5.74) is 1.32. The van der Waals surface area contributed by atoms with Crippen LogP contribution in [-0.2, 0) is 0 Å². The molecule has 1 aromatic carbocycles. The first-order valence-electron chi connectivity index (χ1n) is 5.28. The minimum absolute atomic E-state index is 0.330. The molecule has 0 aliphatic heterocycles. The van der Waals surface area contributed by atoms with Gasteiger partial charge in [0.1, 0.15) is 5.75 Å². The Morgan fingerprint density at radius 3 is 2.84 bits per heavy atom. The quantitative estimate of drug-likeness (QED) is 0.942. The monoisotopic (exact) mass is 320 g/mol. The first-order chi connectivity index (χ1) is 9.15. The van der Waals surface area contributed by atoms with E-state index in [1.807, 2.05) is 6.07 Å². The molecule has 2 rings (SSSR count). The number of methoxy groups -OCH3 is 1. The number of rotatable bonds is 3. The van der Waals surface area contributed by atoms with Crippen LogP contribution in [0.1, 0.15) is 15.9 Å². The third-order valence-corrected chi connectivity index (χ3v) is 3.06. The molecule has 0 bridgehead atoms. The minimum Gasteiger partial charge on any atom is -0.495 e. The number of anilines is 1. The third-order valence-electron chi connectivity index (χ3n) is 2.44. The van der Waals surface area contributed by atoms with Gasteiger partial charge in [-0.15, -0.1) is 0 Å². The van der Waals surface area contributed by atoms with Gasteiger partial charge in [0, 0.05) is 6.07 Å². The standard InChI is InChI=1S/C13H9BrN2O3/c1-18-11-6-8(7-15)2-3-10(11)16-13(17)9-4-5-19-12(9)14/h2-6H,1H3,(H,16,17). The fourth-order valence-corrected chi connectivity index (χ4v) is 1.93. The van der Waals surface area contributed by atoms with E-state index in [9.17, 15) is 4.79 Å². The number of furan rings is 1. The van der Waals surface area contributed by atoms with E-state index in [2.05, 4.69) is 21.2 Å². The van der Waals surface area contributed by atoms with Crippen molar-refractivity contribution in [1.29, 1.82) is 5.26 Å². The van der Waals surface area contributed by atoms with E-state index in [4.69, 9.17) is 14.4 Å². The topological polar surface area (TPSA) is 75.3 Å². The van der Waals surface area contributed by atoms with Crippen LogP contribution in [0.5, 0.6) is 5.75 Å². The van der Waals surface area contributed by atoms with Gasteiger partial charge in [-0.1, -0.05) is 0 Å². The van der Waals surface area contributed by atoms with Crippen LogP contribution in [0.4, 0.5) is 5.69 Å². The predicted octanol–water partition coefficient (Wildman–Crippen LogP) is 3.17. The second-order valence-corrected chi connectivity index (χ2v) is 4.31. The predicted molar refractivity (Wildman–Crippen MR) is 72.1 cm³/mol. The van der Waals surface area contributed by atoms with Gasteiger partial charge in [-0.3, -0.25) is 4.79 Å². The van der Waals surface area contributed by atoms with E-state index in [0.717, 1.165) is 0 Å². The maximum Gasteiger partial charge on any atom is 0.260 e. The number of benzene rings is 1. The van der Waals surface area contributed by atoms with Crippen LogP contribution in [0, 0.1) is 11.3 Å². The van der Waals surface area contributed by atoms with E-state index in [0.29, 0.717) is 27.2 Å². The van der Waals surface area contributed by atoms with Crippen LogP contribution in [0.15, 0.2) is 39.6 Å². The zero-order valence-corrected chi connectivity index (χ0v) is 11.5. The van der Waals surface area contributed by atoms with Crippen molar-refractivity contribution in [2.24, 2.45) is 0 Å². The van der Waals surface area contributed by atoms with Crippen molar-refractivity contribution in [3.05, 3.63) is 46.3 Å². The molecule has 1 aromatic heterocycles. The first-order valence-corrected chi connectivity index (χ1v) is 6.07. The molecule has 0 spiro atoms. The van der Waals surface area contributed by atoms with Crippen molar-refractivity contribution in [2.45, 2.75) is 0 Å². The number of hydrogen-bond acceptors (Lipinski definition) is 4. The van der Waals surface area contributed by atoms with E-state index >= 15 is 0 Å². The molecule has 0 aliphatic rings. The molecule has 1 N–H and O–H groups in total. The van der Waals surface area contributed by atoms with E-state index < -0.39 is 0 Å². The number of nitrogens with one attached hydrogen (secondary N) is 1. The second kappa shape index (κ2) is 5.59. The Hall–Kier alpha value is -2.26. The van der Waals surface area contributed by atoms with Gasteiger partial charge < -0.3 is 14.5 Å². The average Bonchev–Trinajstić information content (AvgIpc) is 2.85. The lowest BCUT2D eigenvalue weighted by molar-refractivity contribution is 0.102. The third kappa shape index (κ3) is 2.77. The zero-order valence-electron chi connectivity index (χ0n) is 9.94. The normalized spacial score (nSPS) is 9.74. The highest BCUT2D eigenvalue weighted by molar-refractivity contribution is 9.10. The lowest BCUT2D eigenvalue weighted by Gasteiger charge is -2.09. The summed E-state index contributed by atoms with van der Waals surface area (Å²) in [6, 6.07) is 8.32. The Morgan fingerprint density at radius 1 is 1.47 bits per heavy atom. The van der Waals surface area contributed by atoms with Gasteiger partial charge in [0.25, 0.3) is 5.91 Å². The Kier molecular flexibility index (Phi) is 3.88. The van der Waals surface area contributed by atoms with Gasteiger partial charge in [0.2, 0.25) is 0 Å². The molecule has 6 heteroatoms. The van der Waals surface area contributed by atoms with Crippen molar-refractivity contribution in [3.8, 4) is 11.8 Å². The van der Waals surface area contributed by atoms with Gasteiger partial charge in [0.05, 0.1) is 36.3 Å². The molecule has 96 valence electrons. The van der Waals surface area contributed by atoms with Gasteiger partial charge in [-0.25, -0.2) is 0 Å². The maximum atomic E-state index is 12.0. The fourth-order valence-electron chi connectivity index (χ4n) is 1.51. The highest BCUT2D eigenvalue weighted by atomic mass is 79.9. The molecule has 0 radical (unpaired) electrons. The van der Waals surface area contributed by atoms with Crippen LogP contribution < -0.4 is 10.1 Å². The number of ether oxygens (including phenoxy) is 1. The molecule has 1 amide bonds. The van der Waals surface area contributed by atoms with Crippen LogP contribution in [0.2, 0.25) is 0 Å². The summed E-state index contributed by atoms with van der Waals surface area (Å²) >= 11 is 3.14. The summed E-state index contributed by atoms with van der Waals surface area (Å²) in [7, 11) is 1.47. The Morgan fingerprint density at radius 2 is 2.26 bits per heavy atom. The fraction of sp³-hybridized carbons (Fsp3) is 0.0769. The molecular formula is C13H9BrN2O3. The average molecular weight is 321 g/mol. The molecule has 0 saturated carbocycles. The molecule has 0 aliphatic carbocycles. The minimum atomic E-state index is -0.330. The van der Waals surface area contributed by atoms with E-state index in [1.54, 1.807) is 24.3 Å². The van der Waals surface area contributed by atoms with Gasteiger partial charge >= 0.3 is 0 Å². The van der Waals surface area contributed by atoms with Crippen LogP contribution in [0.25, 0.3) is 0 Å². The van der Waals surface area contributed by atoms with Gasteiger partial charge in [0.15, 0.2) is 4.67 Å². The lowest BCUT2D eigenvalue weighted by Crippen LogP contribution is -2.12. The van der Waals surface area contributed by atoms with Crippen molar-refractivity contribution in [3.63, 3.8) is 0 Å². The van der Waals surface area contributed by atoms with Gasteiger partial charge in [-0.05, 0) is 34.1 Å². The molecule has 0 unspecified atom stereocenters.